The first-order valence-electron chi connectivity index (χ1n) is 14.1. The van der Waals surface area contributed by atoms with Crippen LogP contribution >= 0.6 is 0 Å². The van der Waals surface area contributed by atoms with Gasteiger partial charge in [-0.3, -0.25) is 9.59 Å². The third-order valence-electron chi connectivity index (χ3n) is 8.20. The number of aliphatic carboxylic acids is 2. The standard InChI is InChI=1S/C34H34N4O6.Fe/c1-7-21-16(2)26-14-31-34(20(6)44-43)19(5)27(38-31)12-24-17(3)22(8-10-32(39)40)29(36-24)15-30-23(9-11-33(41)42)18(4)25(37-30)13-28(21)35-26;/h7,12-15H,1,6,8-11H2,2-5H3,(H5,35,36,37,38,39,40,41,42,43);/q;+2/p-2. The minimum atomic E-state index is -0.933. The van der Waals surface area contributed by atoms with Crippen LogP contribution in [0.15, 0.2) is 43.5 Å². The van der Waals surface area contributed by atoms with Crippen LogP contribution in [0.25, 0.3) is 50.1 Å². The molecule has 3 N–H and O–H groups in total. The zero-order valence-corrected chi connectivity index (χ0v) is 26.4. The molecule has 11 heteroatoms. The molecule has 0 radical (unpaired) electrons. The van der Waals surface area contributed by atoms with Crippen molar-refractivity contribution in [3.05, 3.63) is 88.5 Å². The minimum absolute atomic E-state index is 0. The van der Waals surface area contributed by atoms with Gasteiger partial charge < -0.3 is 25.1 Å². The predicted octanol–water partition coefficient (Wildman–Crippen LogP) is 6.58. The Hall–Kier alpha value is -4.70. The Balaban J connectivity index is 0.00000461. The summed E-state index contributed by atoms with van der Waals surface area (Å²) >= 11 is 0. The van der Waals surface area contributed by atoms with Crippen LogP contribution in [-0.4, -0.2) is 37.4 Å². The molecule has 5 rings (SSSR count). The van der Waals surface area contributed by atoms with Crippen LogP contribution in [0.2, 0.25) is 0 Å². The number of aromatic nitrogens is 4. The summed E-state index contributed by atoms with van der Waals surface area (Å²) in [4.78, 5) is 47.1. The molecule has 2 aliphatic heterocycles. The van der Waals surface area contributed by atoms with Crippen molar-refractivity contribution in [1.29, 1.82) is 0 Å². The van der Waals surface area contributed by atoms with Gasteiger partial charge in [0.05, 0.1) is 22.8 Å². The molecular weight excluding hydrogens is 616 g/mol. The Bertz CT molecular complexity index is 2000. The van der Waals surface area contributed by atoms with Gasteiger partial charge in [-0.1, -0.05) is 60.2 Å². The van der Waals surface area contributed by atoms with Crippen molar-refractivity contribution < 1.29 is 47.0 Å². The molecule has 0 atom stereocenters. The summed E-state index contributed by atoms with van der Waals surface area (Å²) in [6.07, 6.45) is 2.06. The molecule has 0 fully saturated rings. The molecule has 3 aromatic heterocycles. The molecule has 45 heavy (non-hydrogen) atoms. The second kappa shape index (κ2) is 13.1. The van der Waals surface area contributed by atoms with Crippen LogP contribution < -0.4 is 9.97 Å². The van der Waals surface area contributed by atoms with Crippen LogP contribution in [-0.2, 0) is 38.0 Å². The van der Waals surface area contributed by atoms with Crippen LogP contribution in [0.5, 0.6) is 0 Å². The van der Waals surface area contributed by atoms with Gasteiger partial charge in [-0.25, -0.2) is 15.2 Å². The zero-order valence-electron chi connectivity index (χ0n) is 25.3. The average Bonchev–Trinajstić information content (AvgIpc) is 3.63. The molecule has 0 saturated heterocycles. The molecule has 0 amide bonds. The molecule has 5 heterocycles. The number of carboxylic acid groups (broad SMARTS) is 2. The van der Waals surface area contributed by atoms with E-state index in [1.165, 1.54) is 0 Å². The smallest absolute Gasteiger partial charge is 0.657 e. The van der Waals surface area contributed by atoms with Gasteiger partial charge in [-0.15, -0.1) is 22.1 Å². The molecular formula is C34H32FeN4O6. The maximum atomic E-state index is 11.5. The summed E-state index contributed by atoms with van der Waals surface area (Å²) in [6, 6.07) is 7.26. The number of fused-ring (bicyclic) bond motifs is 8. The third kappa shape index (κ3) is 6.28. The predicted molar refractivity (Wildman–Crippen MR) is 169 cm³/mol. The van der Waals surface area contributed by atoms with Crippen molar-refractivity contribution in [2.45, 2.75) is 53.4 Å². The summed E-state index contributed by atoms with van der Waals surface area (Å²) in [6.45, 7) is 15.4. The van der Waals surface area contributed by atoms with Gasteiger partial charge in [0.15, 0.2) is 5.76 Å². The van der Waals surface area contributed by atoms with E-state index in [4.69, 9.17) is 19.9 Å². The molecule has 8 bridgehead atoms. The quantitative estimate of drug-likeness (QED) is 0.100. The fraction of sp³-hybridized carbons (Fsp3) is 0.235. The van der Waals surface area contributed by atoms with Crippen molar-refractivity contribution >= 4 is 62.1 Å². The number of nitrogens with zero attached hydrogens (tertiary/aromatic N) is 4. The number of allylic oxidation sites excluding steroid dienone is 5. The van der Waals surface area contributed by atoms with Crippen molar-refractivity contribution in [2.75, 3.05) is 0 Å². The second-order valence-corrected chi connectivity index (χ2v) is 10.9. The van der Waals surface area contributed by atoms with Gasteiger partial charge in [0.2, 0.25) is 0 Å². The van der Waals surface area contributed by atoms with E-state index in [2.05, 4.69) is 18.0 Å². The van der Waals surface area contributed by atoms with E-state index in [0.29, 0.717) is 56.0 Å². The van der Waals surface area contributed by atoms with E-state index in [1.807, 2.05) is 39.8 Å². The topological polar surface area (TPSA) is 158 Å². The normalized spacial score (nSPS) is 12.6. The number of hydrogen-bond acceptors (Lipinski definition) is 6. The van der Waals surface area contributed by atoms with Gasteiger partial charge in [-0.05, 0) is 57.3 Å². The maximum Gasteiger partial charge on any atom is 2.00 e. The van der Waals surface area contributed by atoms with Gasteiger partial charge in [0, 0.05) is 24.0 Å². The summed E-state index contributed by atoms with van der Waals surface area (Å²) in [7, 11) is 0. The summed E-state index contributed by atoms with van der Waals surface area (Å²) in [5, 5.41) is 28.4. The SMILES string of the molecule is C=CC1=C(C)c2cc3[n-]c(cc4nc(cc5[n-]c(cc1n2)c(C)c5CCC(=O)O)C(CCC(=O)O)=C4C)c(C)c3C(=C)OO.[Fe+2]. The molecule has 0 aromatic carbocycles. The average molecular weight is 648 g/mol. The molecule has 232 valence electrons. The second-order valence-electron chi connectivity index (χ2n) is 10.9. The largest absolute Gasteiger partial charge is 2.00 e. The Kier molecular flexibility index (Phi) is 9.67. The van der Waals surface area contributed by atoms with Crippen molar-refractivity contribution in [3.8, 4) is 0 Å². The number of carboxylic acids is 2. The van der Waals surface area contributed by atoms with Crippen molar-refractivity contribution in [2.24, 2.45) is 0 Å². The number of rotatable bonds is 9. The molecule has 0 unspecified atom stereocenters. The van der Waals surface area contributed by atoms with E-state index in [-0.39, 0.29) is 48.5 Å². The van der Waals surface area contributed by atoms with Crippen LogP contribution in [0, 0.1) is 13.8 Å². The van der Waals surface area contributed by atoms with Crippen molar-refractivity contribution in [1.82, 2.24) is 19.9 Å². The Labute approximate surface area is 270 Å². The number of carbonyl (C=O) groups is 2. The van der Waals surface area contributed by atoms with Gasteiger partial charge in [0.25, 0.3) is 0 Å². The molecule has 10 nitrogen and oxygen atoms in total. The third-order valence-corrected chi connectivity index (χ3v) is 8.20. The summed E-state index contributed by atoms with van der Waals surface area (Å²) in [5.41, 5.74) is 10.7. The monoisotopic (exact) mass is 648 g/mol. The van der Waals surface area contributed by atoms with Crippen molar-refractivity contribution in [3.63, 3.8) is 0 Å². The molecule has 0 saturated carbocycles. The first kappa shape index (κ1) is 33.2. The summed E-state index contributed by atoms with van der Waals surface area (Å²) in [5.74, 6) is -1.83. The van der Waals surface area contributed by atoms with E-state index in [1.54, 1.807) is 18.2 Å². The van der Waals surface area contributed by atoms with Gasteiger partial charge in [-0.2, -0.15) is 0 Å². The number of aryl methyl sites for hydroxylation is 3. The van der Waals surface area contributed by atoms with Gasteiger partial charge in [0.1, 0.15) is 0 Å². The fourth-order valence-electron chi connectivity index (χ4n) is 5.73. The van der Waals surface area contributed by atoms with E-state index < -0.39 is 11.9 Å². The first-order valence-corrected chi connectivity index (χ1v) is 14.1. The Morgan fingerprint density at radius 2 is 1.33 bits per heavy atom. The fourth-order valence-corrected chi connectivity index (χ4v) is 5.73. The van der Waals surface area contributed by atoms with Gasteiger partial charge >= 0.3 is 29.0 Å². The minimum Gasteiger partial charge on any atom is -0.657 e. The molecule has 0 spiro atoms. The van der Waals surface area contributed by atoms with E-state index in [9.17, 15) is 25.1 Å². The molecule has 3 aromatic rings. The number of hydrogen-bond donors (Lipinski definition) is 3. The maximum absolute atomic E-state index is 11.5. The summed E-state index contributed by atoms with van der Waals surface area (Å²) < 4.78 is 0. The van der Waals surface area contributed by atoms with Crippen LogP contribution in [0.1, 0.15) is 78.1 Å². The van der Waals surface area contributed by atoms with Crippen LogP contribution in [0.3, 0.4) is 0 Å². The van der Waals surface area contributed by atoms with E-state index in [0.717, 1.165) is 33.4 Å². The Morgan fingerprint density at radius 3 is 1.98 bits per heavy atom. The van der Waals surface area contributed by atoms with Crippen LogP contribution in [0.4, 0.5) is 0 Å². The van der Waals surface area contributed by atoms with E-state index >= 15 is 0 Å². The Morgan fingerprint density at radius 1 is 0.800 bits per heavy atom. The zero-order chi connectivity index (χ0) is 31.9. The molecule has 0 aliphatic carbocycles. The molecule has 2 aliphatic rings. The first-order chi connectivity index (χ1) is 20.9.